The zero-order chi connectivity index (χ0) is 12.3. The van der Waals surface area contributed by atoms with Gasteiger partial charge < -0.3 is 0 Å². The number of aromatic nitrogens is 2. The van der Waals surface area contributed by atoms with E-state index in [0.717, 1.165) is 17.9 Å². The molecule has 92 valence electrons. The molecule has 0 fully saturated rings. The minimum absolute atomic E-state index is 0.0823. The predicted molar refractivity (Wildman–Crippen MR) is 71.1 cm³/mol. The number of nitrogens with zero attached hydrogens (tertiary/aromatic N) is 1. The van der Waals surface area contributed by atoms with Crippen molar-refractivity contribution in [3.63, 3.8) is 0 Å². The molecule has 3 nitrogen and oxygen atoms in total. The molecule has 1 heterocycles. The van der Waals surface area contributed by atoms with Gasteiger partial charge in [0.1, 0.15) is 0 Å². The van der Waals surface area contributed by atoms with Gasteiger partial charge in [-0.25, -0.2) is 0 Å². The molecular weight excluding hydrogens is 220 g/mol. The summed E-state index contributed by atoms with van der Waals surface area (Å²) in [7, 11) is 0. The van der Waals surface area contributed by atoms with Crippen molar-refractivity contribution in [3.05, 3.63) is 22.1 Å². The molecule has 0 amide bonds. The van der Waals surface area contributed by atoms with Crippen LogP contribution in [0.5, 0.6) is 0 Å². The normalized spacial score (nSPS) is 14.1. The molecule has 1 rings (SSSR count). The molecule has 0 saturated carbocycles. The molecule has 1 aromatic heterocycles. The molecule has 0 aromatic carbocycles. The van der Waals surface area contributed by atoms with E-state index in [0.29, 0.717) is 0 Å². The number of nitrogens with one attached hydrogen (secondary N) is 1. The number of rotatable bonds is 4. The molecule has 1 N–H and O–H groups in total. The number of H-pyrrole nitrogens is 1. The first-order valence-corrected chi connectivity index (χ1v) is 6.76. The summed E-state index contributed by atoms with van der Waals surface area (Å²) >= 11 is 1.84. The average Bonchev–Trinajstić information content (AvgIpc) is 2.55. The minimum Gasteiger partial charge on any atom is -0.299 e. The lowest BCUT2D eigenvalue weighted by Gasteiger charge is -2.16. The highest BCUT2D eigenvalue weighted by Gasteiger charge is 2.13. The Morgan fingerprint density at radius 1 is 1.50 bits per heavy atom. The Bertz CT molecular complexity index is 386. The number of aromatic amines is 1. The molecule has 0 aliphatic rings. The zero-order valence-electron chi connectivity index (χ0n) is 10.8. The van der Waals surface area contributed by atoms with Gasteiger partial charge in [0, 0.05) is 22.3 Å². The minimum atomic E-state index is 0.0823. The molecule has 0 radical (unpaired) electrons. The van der Waals surface area contributed by atoms with Crippen molar-refractivity contribution in [2.45, 2.75) is 57.6 Å². The second-order valence-electron chi connectivity index (χ2n) is 5.15. The number of thioether (sulfide) groups is 1. The van der Waals surface area contributed by atoms with E-state index in [1.165, 1.54) is 0 Å². The fourth-order valence-electron chi connectivity index (χ4n) is 1.34. The van der Waals surface area contributed by atoms with Gasteiger partial charge in [0.2, 0.25) is 0 Å². The maximum atomic E-state index is 11.7. The Morgan fingerprint density at radius 3 is 2.62 bits per heavy atom. The lowest BCUT2D eigenvalue weighted by Crippen LogP contribution is -2.19. The van der Waals surface area contributed by atoms with E-state index in [4.69, 9.17) is 0 Å². The Kier molecular flexibility index (Phi) is 4.30. The molecule has 0 spiro atoms. The Balaban J connectivity index is 2.74. The highest BCUT2D eigenvalue weighted by molar-refractivity contribution is 7.99. The van der Waals surface area contributed by atoms with E-state index in [2.05, 4.69) is 39.7 Å². The maximum absolute atomic E-state index is 11.7. The second-order valence-corrected chi connectivity index (χ2v) is 6.95. The molecular formula is C12H22N2OS. The van der Waals surface area contributed by atoms with Crippen molar-refractivity contribution in [2.75, 3.05) is 0 Å². The summed E-state index contributed by atoms with van der Waals surface area (Å²) in [6.07, 6.45) is 0.965. The number of hydrogen-bond donors (Lipinski definition) is 1. The van der Waals surface area contributed by atoms with Crippen LogP contribution < -0.4 is 5.56 Å². The van der Waals surface area contributed by atoms with Crippen LogP contribution in [0, 0.1) is 0 Å². The van der Waals surface area contributed by atoms with Gasteiger partial charge in [0.15, 0.2) is 0 Å². The summed E-state index contributed by atoms with van der Waals surface area (Å²) < 4.78 is 1.95. The van der Waals surface area contributed by atoms with E-state index < -0.39 is 0 Å². The molecule has 0 saturated heterocycles. The van der Waals surface area contributed by atoms with E-state index in [1.54, 1.807) is 10.7 Å². The Hall–Kier alpha value is -0.640. The quantitative estimate of drug-likeness (QED) is 0.880. The first-order valence-electron chi connectivity index (χ1n) is 5.78. The van der Waals surface area contributed by atoms with E-state index in [9.17, 15) is 4.79 Å². The van der Waals surface area contributed by atoms with Gasteiger partial charge in [0.25, 0.3) is 5.56 Å². The van der Waals surface area contributed by atoms with Crippen molar-refractivity contribution in [1.29, 1.82) is 0 Å². The summed E-state index contributed by atoms with van der Waals surface area (Å²) in [4.78, 5) is 11.7. The lowest BCUT2D eigenvalue weighted by atomic mass is 10.3. The van der Waals surface area contributed by atoms with Crippen molar-refractivity contribution < 1.29 is 0 Å². The van der Waals surface area contributed by atoms with Crippen molar-refractivity contribution in [3.8, 4) is 0 Å². The van der Waals surface area contributed by atoms with Gasteiger partial charge in [-0.15, -0.1) is 11.8 Å². The highest BCUT2D eigenvalue weighted by atomic mass is 32.2. The van der Waals surface area contributed by atoms with Crippen LogP contribution in [-0.4, -0.2) is 14.5 Å². The Morgan fingerprint density at radius 2 is 2.12 bits per heavy atom. The lowest BCUT2D eigenvalue weighted by molar-refractivity contribution is 0.463. The van der Waals surface area contributed by atoms with Gasteiger partial charge in [-0.1, -0.05) is 27.7 Å². The van der Waals surface area contributed by atoms with E-state index in [1.807, 2.05) is 11.8 Å². The van der Waals surface area contributed by atoms with Gasteiger partial charge >= 0.3 is 0 Å². The predicted octanol–water partition coefficient (Wildman–Crippen LogP) is 3.18. The van der Waals surface area contributed by atoms with Crippen molar-refractivity contribution in [1.82, 2.24) is 9.78 Å². The van der Waals surface area contributed by atoms with Crippen LogP contribution in [0.25, 0.3) is 0 Å². The fourth-order valence-corrected chi connectivity index (χ4v) is 2.08. The summed E-state index contributed by atoms with van der Waals surface area (Å²) in [5, 5.41) is 3.19. The van der Waals surface area contributed by atoms with E-state index >= 15 is 0 Å². The summed E-state index contributed by atoms with van der Waals surface area (Å²) in [5.74, 6) is 0.863. The van der Waals surface area contributed by atoms with Crippen molar-refractivity contribution >= 4 is 11.8 Å². The fraction of sp³-hybridized carbons (Fsp3) is 0.750. The molecule has 1 atom stereocenters. The van der Waals surface area contributed by atoms with Gasteiger partial charge in [-0.2, -0.15) is 0 Å². The number of hydrogen-bond acceptors (Lipinski definition) is 2. The van der Waals surface area contributed by atoms with Crippen LogP contribution in [-0.2, 0) is 5.75 Å². The Labute approximate surface area is 102 Å². The van der Waals surface area contributed by atoms with Crippen LogP contribution in [0.2, 0.25) is 0 Å². The maximum Gasteiger partial charge on any atom is 0.266 e. The van der Waals surface area contributed by atoms with Gasteiger partial charge in [0.05, 0.1) is 6.04 Å². The van der Waals surface area contributed by atoms with Gasteiger partial charge in [-0.3, -0.25) is 14.6 Å². The first kappa shape index (κ1) is 13.4. The average molecular weight is 242 g/mol. The summed E-state index contributed by atoms with van der Waals surface area (Å²) in [6.45, 7) is 10.7. The first-order chi connectivity index (χ1) is 7.33. The SMILES string of the molecule is CCC(C)n1[nH]c(CSC(C)(C)C)cc1=O. The molecule has 16 heavy (non-hydrogen) atoms. The molecule has 0 aliphatic carbocycles. The third-order valence-electron chi connectivity index (χ3n) is 2.49. The molecule has 1 aromatic rings. The largest absolute Gasteiger partial charge is 0.299 e. The summed E-state index contributed by atoms with van der Waals surface area (Å²) in [5.41, 5.74) is 1.10. The van der Waals surface area contributed by atoms with Gasteiger partial charge in [-0.05, 0) is 13.3 Å². The third-order valence-corrected chi connectivity index (χ3v) is 3.81. The second kappa shape index (κ2) is 5.13. The van der Waals surface area contributed by atoms with Crippen molar-refractivity contribution in [2.24, 2.45) is 0 Å². The van der Waals surface area contributed by atoms with Crippen LogP contribution in [0.4, 0.5) is 0 Å². The van der Waals surface area contributed by atoms with Crippen LogP contribution in [0.1, 0.15) is 52.8 Å². The van der Waals surface area contributed by atoms with Crippen LogP contribution in [0.3, 0.4) is 0 Å². The van der Waals surface area contributed by atoms with E-state index in [-0.39, 0.29) is 16.3 Å². The molecule has 0 aliphatic heterocycles. The monoisotopic (exact) mass is 242 g/mol. The molecule has 4 heteroatoms. The topological polar surface area (TPSA) is 37.8 Å². The molecule has 0 bridgehead atoms. The standard InChI is InChI=1S/C12H22N2OS/c1-6-9(2)14-11(15)7-10(13-14)8-16-12(3,4)5/h7,9,13H,6,8H2,1-5H3. The zero-order valence-corrected chi connectivity index (χ0v) is 11.6. The summed E-state index contributed by atoms with van der Waals surface area (Å²) in [6, 6.07) is 1.96. The molecule has 1 unspecified atom stereocenters. The highest BCUT2D eigenvalue weighted by Crippen LogP contribution is 2.26. The van der Waals surface area contributed by atoms with Crippen LogP contribution >= 0.6 is 11.8 Å². The van der Waals surface area contributed by atoms with Crippen LogP contribution in [0.15, 0.2) is 10.9 Å². The smallest absolute Gasteiger partial charge is 0.266 e. The third kappa shape index (κ3) is 3.74.